The maximum Gasteiger partial charge on any atom is 0.153 e. The Morgan fingerprint density at radius 3 is 2.75 bits per heavy atom. The molecule has 0 aromatic carbocycles. The zero-order chi connectivity index (χ0) is 13.8. The van der Waals surface area contributed by atoms with Gasteiger partial charge >= 0.3 is 0 Å². The van der Waals surface area contributed by atoms with E-state index in [-0.39, 0.29) is 0 Å². The number of rotatable bonds is 4. The van der Waals surface area contributed by atoms with E-state index in [4.69, 9.17) is 4.74 Å². The van der Waals surface area contributed by atoms with Gasteiger partial charge in [-0.3, -0.25) is 10.1 Å². The number of aromatic amines is 1. The molecule has 2 aromatic heterocycles. The van der Waals surface area contributed by atoms with Gasteiger partial charge in [-0.2, -0.15) is 5.10 Å². The van der Waals surface area contributed by atoms with Crippen LogP contribution in [-0.2, 0) is 4.74 Å². The highest BCUT2D eigenvalue weighted by Gasteiger charge is 2.14. The number of anilines is 3. The van der Waals surface area contributed by atoms with Crippen LogP contribution in [0.2, 0.25) is 0 Å². The van der Waals surface area contributed by atoms with Crippen LogP contribution in [0.4, 0.5) is 17.5 Å². The molecule has 3 N–H and O–H groups in total. The number of aromatic nitrogens is 4. The Bertz CT molecular complexity index is 563. The van der Waals surface area contributed by atoms with Crippen LogP contribution in [-0.4, -0.2) is 39.4 Å². The van der Waals surface area contributed by atoms with Gasteiger partial charge in [0.1, 0.15) is 5.82 Å². The monoisotopic (exact) mass is 274 g/mol. The van der Waals surface area contributed by atoms with Crippen LogP contribution in [0.1, 0.15) is 18.5 Å². The Morgan fingerprint density at radius 1 is 1.20 bits per heavy atom. The van der Waals surface area contributed by atoms with Crippen molar-refractivity contribution in [3.05, 3.63) is 24.2 Å². The third kappa shape index (κ3) is 3.24. The third-order valence-corrected chi connectivity index (χ3v) is 3.17. The van der Waals surface area contributed by atoms with Gasteiger partial charge in [0.25, 0.3) is 0 Å². The van der Waals surface area contributed by atoms with Crippen molar-refractivity contribution in [2.75, 3.05) is 23.8 Å². The van der Waals surface area contributed by atoms with Crippen molar-refractivity contribution in [2.45, 2.75) is 25.8 Å². The van der Waals surface area contributed by atoms with Gasteiger partial charge in [-0.15, -0.1) is 0 Å². The predicted octanol–water partition coefficient (Wildman–Crippen LogP) is 1.84. The van der Waals surface area contributed by atoms with E-state index in [0.717, 1.165) is 43.4 Å². The molecule has 1 aliphatic rings. The van der Waals surface area contributed by atoms with Gasteiger partial charge in [-0.1, -0.05) is 0 Å². The molecule has 1 saturated heterocycles. The fourth-order valence-corrected chi connectivity index (χ4v) is 2.16. The van der Waals surface area contributed by atoms with E-state index in [0.29, 0.717) is 11.9 Å². The second kappa shape index (κ2) is 5.87. The molecule has 0 bridgehead atoms. The van der Waals surface area contributed by atoms with Crippen LogP contribution in [0, 0.1) is 6.92 Å². The molecule has 0 amide bonds. The van der Waals surface area contributed by atoms with Crippen LogP contribution >= 0.6 is 0 Å². The van der Waals surface area contributed by atoms with Crippen LogP contribution in [0.25, 0.3) is 0 Å². The largest absolute Gasteiger partial charge is 0.381 e. The predicted molar refractivity (Wildman–Crippen MR) is 76.1 cm³/mol. The molecule has 0 radical (unpaired) electrons. The Labute approximate surface area is 117 Å². The van der Waals surface area contributed by atoms with E-state index >= 15 is 0 Å². The standard InChI is InChI=1S/C13H18N6O/c1-9-6-11(19-18-9)16-13-8-14-7-12(17-13)15-10-2-4-20-5-3-10/h6-8,10H,2-5H2,1H3,(H3,15,16,17,18,19). The molecule has 1 aliphatic heterocycles. The van der Waals surface area contributed by atoms with E-state index in [2.05, 4.69) is 30.8 Å². The minimum absolute atomic E-state index is 0.404. The van der Waals surface area contributed by atoms with E-state index < -0.39 is 0 Å². The number of H-pyrrole nitrogens is 1. The second-order valence-electron chi connectivity index (χ2n) is 4.88. The van der Waals surface area contributed by atoms with Crippen molar-refractivity contribution in [1.82, 2.24) is 20.2 Å². The molecule has 3 rings (SSSR count). The molecule has 0 aliphatic carbocycles. The Kier molecular flexibility index (Phi) is 3.78. The highest BCUT2D eigenvalue weighted by atomic mass is 16.5. The van der Waals surface area contributed by atoms with Gasteiger partial charge in [0.15, 0.2) is 11.6 Å². The number of hydrogen-bond donors (Lipinski definition) is 3. The number of ether oxygens (including phenoxy) is 1. The summed E-state index contributed by atoms with van der Waals surface area (Å²) in [5.41, 5.74) is 0.997. The summed E-state index contributed by atoms with van der Waals surface area (Å²) in [6.07, 6.45) is 5.41. The fourth-order valence-electron chi connectivity index (χ4n) is 2.16. The van der Waals surface area contributed by atoms with Crippen molar-refractivity contribution in [3.8, 4) is 0 Å². The molecule has 7 nitrogen and oxygen atoms in total. The lowest BCUT2D eigenvalue weighted by atomic mass is 10.1. The van der Waals surface area contributed by atoms with Crippen molar-refractivity contribution in [3.63, 3.8) is 0 Å². The molecular formula is C13H18N6O. The average molecular weight is 274 g/mol. The van der Waals surface area contributed by atoms with Gasteiger partial charge < -0.3 is 15.4 Å². The average Bonchev–Trinajstić information content (AvgIpc) is 2.86. The Morgan fingerprint density at radius 2 is 2.00 bits per heavy atom. The highest BCUT2D eigenvalue weighted by Crippen LogP contribution is 2.16. The topological polar surface area (TPSA) is 87.8 Å². The fraction of sp³-hybridized carbons (Fsp3) is 0.462. The van der Waals surface area contributed by atoms with Crippen molar-refractivity contribution in [2.24, 2.45) is 0 Å². The van der Waals surface area contributed by atoms with Crippen LogP contribution in [0.3, 0.4) is 0 Å². The summed E-state index contributed by atoms with van der Waals surface area (Å²) < 4.78 is 5.34. The lowest BCUT2D eigenvalue weighted by molar-refractivity contribution is 0.0904. The summed E-state index contributed by atoms with van der Waals surface area (Å²) in [5, 5.41) is 13.5. The van der Waals surface area contributed by atoms with Crippen molar-refractivity contribution < 1.29 is 4.74 Å². The molecule has 0 spiro atoms. The molecule has 0 unspecified atom stereocenters. The maximum absolute atomic E-state index is 5.34. The second-order valence-corrected chi connectivity index (χ2v) is 4.88. The van der Waals surface area contributed by atoms with Gasteiger partial charge in [-0.25, -0.2) is 4.98 Å². The molecule has 2 aromatic rings. The SMILES string of the molecule is Cc1cc(Nc2cncc(NC3CCOCC3)n2)n[nH]1. The van der Waals surface area contributed by atoms with E-state index in [1.54, 1.807) is 12.4 Å². The van der Waals surface area contributed by atoms with E-state index in [1.807, 2.05) is 13.0 Å². The highest BCUT2D eigenvalue weighted by molar-refractivity contribution is 5.53. The first-order valence-electron chi connectivity index (χ1n) is 6.75. The zero-order valence-electron chi connectivity index (χ0n) is 11.4. The normalized spacial score (nSPS) is 16.1. The Hall–Kier alpha value is -2.15. The van der Waals surface area contributed by atoms with Gasteiger partial charge in [0.05, 0.1) is 12.4 Å². The summed E-state index contributed by atoms with van der Waals surface area (Å²) in [6, 6.07) is 2.32. The van der Waals surface area contributed by atoms with Crippen molar-refractivity contribution >= 4 is 17.5 Å². The summed E-state index contributed by atoms with van der Waals surface area (Å²) in [6.45, 7) is 3.55. The summed E-state index contributed by atoms with van der Waals surface area (Å²) in [7, 11) is 0. The summed E-state index contributed by atoms with van der Waals surface area (Å²) >= 11 is 0. The molecule has 7 heteroatoms. The molecule has 106 valence electrons. The number of hydrogen-bond acceptors (Lipinski definition) is 6. The quantitative estimate of drug-likeness (QED) is 0.788. The molecular weight excluding hydrogens is 256 g/mol. The first-order chi connectivity index (χ1) is 9.79. The maximum atomic E-state index is 5.34. The van der Waals surface area contributed by atoms with Crippen LogP contribution in [0.15, 0.2) is 18.5 Å². The Balaban J connectivity index is 1.65. The van der Waals surface area contributed by atoms with Crippen LogP contribution < -0.4 is 10.6 Å². The molecule has 0 saturated carbocycles. The first kappa shape index (κ1) is 12.9. The first-order valence-corrected chi connectivity index (χ1v) is 6.75. The van der Waals surface area contributed by atoms with Gasteiger partial charge in [0, 0.05) is 31.0 Å². The zero-order valence-corrected chi connectivity index (χ0v) is 11.4. The summed E-state index contributed by atoms with van der Waals surface area (Å²) in [5.74, 6) is 2.18. The molecule has 0 atom stereocenters. The molecule has 3 heterocycles. The molecule has 1 fully saturated rings. The van der Waals surface area contributed by atoms with Crippen molar-refractivity contribution in [1.29, 1.82) is 0 Å². The number of nitrogens with one attached hydrogen (secondary N) is 3. The van der Waals surface area contributed by atoms with E-state index in [9.17, 15) is 0 Å². The minimum atomic E-state index is 0.404. The minimum Gasteiger partial charge on any atom is -0.381 e. The summed E-state index contributed by atoms with van der Waals surface area (Å²) in [4.78, 5) is 8.69. The van der Waals surface area contributed by atoms with Gasteiger partial charge in [-0.05, 0) is 19.8 Å². The lowest BCUT2D eigenvalue weighted by Crippen LogP contribution is -2.28. The van der Waals surface area contributed by atoms with Gasteiger partial charge in [0.2, 0.25) is 0 Å². The smallest absolute Gasteiger partial charge is 0.153 e. The third-order valence-electron chi connectivity index (χ3n) is 3.17. The number of aryl methyl sites for hydroxylation is 1. The van der Waals surface area contributed by atoms with Crippen LogP contribution in [0.5, 0.6) is 0 Å². The van der Waals surface area contributed by atoms with E-state index in [1.165, 1.54) is 0 Å². The number of nitrogens with zero attached hydrogens (tertiary/aromatic N) is 3. The lowest BCUT2D eigenvalue weighted by Gasteiger charge is -2.23. The molecule has 20 heavy (non-hydrogen) atoms.